The SMILES string of the molecule is O=C(NCc1cccc(OCC(F)F)c1)c1ccc([N+](=O)[O-])o1. The number of hydrogen-bond acceptors (Lipinski definition) is 5. The molecule has 1 amide bonds. The molecule has 2 rings (SSSR count). The molecule has 0 aliphatic carbocycles. The monoisotopic (exact) mass is 326 g/mol. The standard InChI is InChI=1S/C14H12F2N2O5/c15-12(16)8-22-10-3-1-2-9(6-10)7-17-14(19)11-4-5-13(23-11)18(20)21/h1-6,12H,7-8H2,(H,17,19). The van der Waals surface area contributed by atoms with E-state index < -0.39 is 29.7 Å². The molecule has 0 aliphatic rings. The Kier molecular flexibility index (Phi) is 5.23. The molecule has 0 aliphatic heterocycles. The Bertz CT molecular complexity index is 702. The van der Waals surface area contributed by atoms with E-state index in [1.165, 1.54) is 18.2 Å². The zero-order valence-corrected chi connectivity index (χ0v) is 11.7. The molecule has 7 nitrogen and oxygen atoms in total. The van der Waals surface area contributed by atoms with Gasteiger partial charge in [-0.1, -0.05) is 12.1 Å². The Labute approximate surface area is 129 Å². The Hall–Kier alpha value is -2.97. The van der Waals surface area contributed by atoms with Crippen molar-refractivity contribution >= 4 is 11.8 Å². The molecule has 1 N–H and O–H groups in total. The molecule has 0 saturated carbocycles. The molecule has 0 fully saturated rings. The number of nitrogens with one attached hydrogen (secondary N) is 1. The van der Waals surface area contributed by atoms with Crippen molar-refractivity contribution in [2.45, 2.75) is 13.0 Å². The summed E-state index contributed by atoms with van der Waals surface area (Å²) in [5.41, 5.74) is 0.617. The highest BCUT2D eigenvalue weighted by molar-refractivity contribution is 5.91. The van der Waals surface area contributed by atoms with Gasteiger partial charge in [-0.3, -0.25) is 14.9 Å². The van der Waals surface area contributed by atoms with Crippen LogP contribution in [0.1, 0.15) is 16.1 Å². The lowest BCUT2D eigenvalue weighted by Gasteiger charge is -2.08. The van der Waals surface area contributed by atoms with E-state index in [0.29, 0.717) is 5.56 Å². The lowest BCUT2D eigenvalue weighted by molar-refractivity contribution is -0.402. The van der Waals surface area contributed by atoms with Crippen LogP contribution in [0.4, 0.5) is 14.7 Å². The van der Waals surface area contributed by atoms with E-state index in [1.54, 1.807) is 12.1 Å². The minimum Gasteiger partial charge on any atom is -0.488 e. The molecular weight excluding hydrogens is 314 g/mol. The van der Waals surface area contributed by atoms with Crippen LogP contribution in [0, 0.1) is 10.1 Å². The summed E-state index contributed by atoms with van der Waals surface area (Å²) < 4.78 is 33.8. The zero-order valence-electron chi connectivity index (χ0n) is 11.7. The summed E-state index contributed by atoms with van der Waals surface area (Å²) in [6, 6.07) is 8.56. The lowest BCUT2D eigenvalue weighted by Crippen LogP contribution is -2.22. The summed E-state index contributed by atoms with van der Waals surface area (Å²) in [7, 11) is 0. The molecule has 0 spiro atoms. The molecule has 0 radical (unpaired) electrons. The largest absolute Gasteiger partial charge is 0.488 e. The number of benzene rings is 1. The van der Waals surface area contributed by atoms with Crippen LogP contribution in [0.2, 0.25) is 0 Å². The number of ether oxygens (including phenoxy) is 1. The van der Waals surface area contributed by atoms with Gasteiger partial charge in [0.05, 0.1) is 6.07 Å². The van der Waals surface area contributed by atoms with Crippen molar-refractivity contribution in [3.8, 4) is 5.75 Å². The van der Waals surface area contributed by atoms with Gasteiger partial charge in [-0.2, -0.15) is 0 Å². The topological polar surface area (TPSA) is 94.6 Å². The molecule has 1 aromatic heterocycles. The van der Waals surface area contributed by atoms with Crippen LogP contribution in [-0.2, 0) is 6.54 Å². The first-order valence-electron chi connectivity index (χ1n) is 6.48. The maximum Gasteiger partial charge on any atom is 0.433 e. The number of amides is 1. The van der Waals surface area contributed by atoms with Gasteiger partial charge in [0.15, 0.2) is 5.76 Å². The first-order valence-corrected chi connectivity index (χ1v) is 6.48. The minimum absolute atomic E-state index is 0.0825. The Morgan fingerprint density at radius 1 is 1.35 bits per heavy atom. The number of rotatable bonds is 7. The van der Waals surface area contributed by atoms with Crippen molar-refractivity contribution in [3.05, 3.63) is 57.8 Å². The smallest absolute Gasteiger partial charge is 0.433 e. The summed E-state index contributed by atoms with van der Waals surface area (Å²) in [6.07, 6.45) is -2.58. The summed E-state index contributed by atoms with van der Waals surface area (Å²) >= 11 is 0. The van der Waals surface area contributed by atoms with Crippen molar-refractivity contribution in [1.29, 1.82) is 0 Å². The number of alkyl halides is 2. The number of furan rings is 1. The highest BCUT2D eigenvalue weighted by atomic mass is 19.3. The molecule has 1 heterocycles. The summed E-state index contributed by atoms with van der Waals surface area (Å²) in [6.45, 7) is -0.634. The molecule has 23 heavy (non-hydrogen) atoms. The van der Waals surface area contributed by atoms with Gasteiger partial charge in [0.25, 0.3) is 12.3 Å². The van der Waals surface area contributed by atoms with Gasteiger partial charge in [0.2, 0.25) is 0 Å². The molecule has 9 heteroatoms. The molecular formula is C14H12F2N2O5. The van der Waals surface area contributed by atoms with E-state index >= 15 is 0 Å². The third-order valence-electron chi connectivity index (χ3n) is 2.72. The number of nitro groups is 1. The highest BCUT2D eigenvalue weighted by Crippen LogP contribution is 2.16. The number of hydrogen-bond donors (Lipinski definition) is 1. The van der Waals surface area contributed by atoms with Gasteiger partial charge in [-0.05, 0) is 23.8 Å². The van der Waals surface area contributed by atoms with Gasteiger partial charge in [-0.15, -0.1) is 0 Å². The number of carbonyl (C=O) groups excluding carboxylic acids is 1. The number of halogens is 2. The third kappa shape index (κ3) is 4.77. The summed E-state index contributed by atoms with van der Waals surface area (Å²) in [4.78, 5) is 21.5. The maximum absolute atomic E-state index is 12.1. The van der Waals surface area contributed by atoms with Crippen molar-refractivity contribution in [3.63, 3.8) is 0 Å². The lowest BCUT2D eigenvalue weighted by atomic mass is 10.2. The molecule has 122 valence electrons. The first-order chi connectivity index (χ1) is 11.0. The van der Waals surface area contributed by atoms with Crippen molar-refractivity contribution in [2.75, 3.05) is 6.61 Å². The van der Waals surface area contributed by atoms with Crippen molar-refractivity contribution < 1.29 is 27.7 Å². The summed E-state index contributed by atoms with van der Waals surface area (Å²) in [5, 5.41) is 13.0. The maximum atomic E-state index is 12.1. The molecule has 0 bridgehead atoms. The normalized spacial score (nSPS) is 10.6. The van der Waals surface area contributed by atoms with Gasteiger partial charge in [0.1, 0.15) is 17.3 Å². The van der Waals surface area contributed by atoms with Crippen LogP contribution in [0.25, 0.3) is 0 Å². The van der Waals surface area contributed by atoms with E-state index in [-0.39, 0.29) is 18.1 Å². The van der Waals surface area contributed by atoms with Crippen LogP contribution >= 0.6 is 0 Å². The molecule has 0 unspecified atom stereocenters. The average molecular weight is 326 g/mol. The summed E-state index contributed by atoms with van der Waals surface area (Å²) in [5.74, 6) is -1.10. The van der Waals surface area contributed by atoms with Crippen molar-refractivity contribution in [2.24, 2.45) is 0 Å². The van der Waals surface area contributed by atoms with E-state index in [2.05, 4.69) is 5.32 Å². The number of carbonyl (C=O) groups is 1. The van der Waals surface area contributed by atoms with E-state index in [9.17, 15) is 23.7 Å². The van der Waals surface area contributed by atoms with Gasteiger partial charge in [-0.25, -0.2) is 8.78 Å². The van der Waals surface area contributed by atoms with E-state index in [1.807, 2.05) is 0 Å². The molecule has 0 saturated heterocycles. The van der Waals surface area contributed by atoms with E-state index in [4.69, 9.17) is 9.15 Å². The fourth-order valence-electron chi connectivity index (χ4n) is 1.72. The third-order valence-corrected chi connectivity index (χ3v) is 2.72. The fourth-order valence-corrected chi connectivity index (χ4v) is 1.72. The molecule has 2 aromatic rings. The Morgan fingerprint density at radius 3 is 2.78 bits per heavy atom. The predicted molar refractivity (Wildman–Crippen MR) is 74.5 cm³/mol. The van der Waals surface area contributed by atoms with Crippen LogP contribution < -0.4 is 10.1 Å². The van der Waals surface area contributed by atoms with Gasteiger partial charge < -0.3 is 14.5 Å². The second-order valence-electron chi connectivity index (χ2n) is 4.43. The zero-order chi connectivity index (χ0) is 16.8. The van der Waals surface area contributed by atoms with Crippen LogP contribution in [0.3, 0.4) is 0 Å². The second kappa shape index (κ2) is 7.34. The van der Waals surface area contributed by atoms with Crippen LogP contribution in [0.5, 0.6) is 5.75 Å². The van der Waals surface area contributed by atoms with Crippen LogP contribution in [-0.4, -0.2) is 23.9 Å². The van der Waals surface area contributed by atoms with Gasteiger partial charge in [0, 0.05) is 6.54 Å². The Balaban J connectivity index is 1.93. The van der Waals surface area contributed by atoms with Gasteiger partial charge >= 0.3 is 5.88 Å². The number of nitrogens with zero attached hydrogens (tertiary/aromatic N) is 1. The predicted octanol–water partition coefficient (Wildman–Crippen LogP) is 2.76. The van der Waals surface area contributed by atoms with Crippen molar-refractivity contribution in [1.82, 2.24) is 5.32 Å². The quantitative estimate of drug-likeness (QED) is 0.623. The van der Waals surface area contributed by atoms with Crippen LogP contribution in [0.15, 0.2) is 40.8 Å². The van der Waals surface area contributed by atoms with E-state index in [0.717, 1.165) is 6.07 Å². The second-order valence-corrected chi connectivity index (χ2v) is 4.43. The minimum atomic E-state index is -2.58. The Morgan fingerprint density at radius 2 is 2.13 bits per heavy atom. The average Bonchev–Trinajstić information content (AvgIpc) is 3.01. The molecule has 1 aromatic carbocycles. The fraction of sp³-hybridized carbons (Fsp3) is 0.214. The molecule has 0 atom stereocenters. The highest BCUT2D eigenvalue weighted by Gasteiger charge is 2.17. The first kappa shape index (κ1) is 16.4.